The van der Waals surface area contributed by atoms with Crippen molar-refractivity contribution in [1.82, 2.24) is 0 Å². The second-order valence-corrected chi connectivity index (χ2v) is 7.24. The second kappa shape index (κ2) is 12.7. The number of carboxylic acid groups (broad SMARTS) is 1. The summed E-state index contributed by atoms with van der Waals surface area (Å²) in [5, 5.41) is 9.19. The quantitative estimate of drug-likeness (QED) is 0.310. The molecule has 0 atom stereocenters. The van der Waals surface area contributed by atoms with E-state index in [1.807, 2.05) is 26.0 Å². The first kappa shape index (κ1) is 26.1. The van der Waals surface area contributed by atoms with Gasteiger partial charge < -0.3 is 9.84 Å². The minimum atomic E-state index is -1.19. The van der Waals surface area contributed by atoms with Crippen molar-refractivity contribution in [3.63, 3.8) is 0 Å². The molecule has 1 N–H and O–H groups in total. The molecule has 0 radical (unpaired) electrons. The van der Waals surface area contributed by atoms with Gasteiger partial charge in [-0.05, 0) is 48.2 Å². The first-order chi connectivity index (χ1) is 16.3. The van der Waals surface area contributed by atoms with E-state index in [0.717, 1.165) is 40.9 Å². The van der Waals surface area contributed by atoms with E-state index >= 15 is 0 Å². The number of carboxylic acids is 1. The van der Waals surface area contributed by atoms with Crippen molar-refractivity contribution >= 4 is 35.1 Å². The van der Waals surface area contributed by atoms with Crippen LogP contribution in [-0.2, 0) is 36.8 Å². The number of benzene rings is 2. The molecular weight excluding hydrogens is 436 g/mol. The van der Waals surface area contributed by atoms with Crippen LogP contribution in [0, 0.1) is 0 Å². The number of aliphatic carboxylic acids is 1. The molecule has 2 rings (SSSR count). The average molecular weight is 465 g/mol. The Hall–Kier alpha value is -4.20. The summed E-state index contributed by atoms with van der Waals surface area (Å²) in [6.07, 6.45) is 4.42. The number of ether oxygens (including phenoxy) is 1. The Bertz CT molecular complexity index is 1070. The summed E-state index contributed by atoms with van der Waals surface area (Å²) in [5.74, 6) is -3.11. The monoisotopic (exact) mass is 464 g/mol. The zero-order valence-corrected chi connectivity index (χ0v) is 19.3. The van der Waals surface area contributed by atoms with Crippen molar-refractivity contribution in [2.45, 2.75) is 26.7 Å². The maximum absolute atomic E-state index is 12.6. The fourth-order valence-electron chi connectivity index (χ4n) is 3.23. The fraction of sp³-hybridized carbons (Fsp3) is 0.231. The van der Waals surface area contributed by atoms with Gasteiger partial charge in [0.05, 0.1) is 6.26 Å². The average Bonchev–Trinajstić information content (AvgIpc) is 2.85. The van der Waals surface area contributed by atoms with Gasteiger partial charge in [-0.1, -0.05) is 50.8 Å². The van der Waals surface area contributed by atoms with Gasteiger partial charge in [-0.2, -0.15) is 0 Å². The first-order valence-electron chi connectivity index (χ1n) is 10.8. The van der Waals surface area contributed by atoms with Crippen LogP contribution in [0.2, 0.25) is 0 Å². The van der Waals surface area contributed by atoms with Crippen LogP contribution in [0.15, 0.2) is 73.5 Å². The molecule has 8 nitrogen and oxygen atoms in total. The molecule has 0 aliphatic carbocycles. The van der Waals surface area contributed by atoms with Gasteiger partial charge in [-0.3, -0.25) is 24.2 Å². The normalized spacial score (nSPS) is 10.5. The Morgan fingerprint density at radius 2 is 1.59 bits per heavy atom. The van der Waals surface area contributed by atoms with Crippen molar-refractivity contribution < 1.29 is 29.0 Å². The Labute approximate surface area is 198 Å². The first-order valence-corrected chi connectivity index (χ1v) is 10.8. The molecule has 0 fully saturated rings. The second-order valence-electron chi connectivity index (χ2n) is 7.24. The molecule has 0 bridgehead atoms. The van der Waals surface area contributed by atoms with Crippen LogP contribution in [0.5, 0.6) is 0 Å². The number of carbonyl (C=O) groups excluding carboxylic acids is 3. The summed E-state index contributed by atoms with van der Waals surface area (Å²) in [6.45, 7) is 6.45. The molecular formula is C26H28N2O6. The van der Waals surface area contributed by atoms with Crippen LogP contribution >= 0.6 is 0 Å². The molecule has 34 heavy (non-hydrogen) atoms. The van der Waals surface area contributed by atoms with Gasteiger partial charge in [-0.25, -0.2) is 4.79 Å². The van der Waals surface area contributed by atoms with Gasteiger partial charge >= 0.3 is 11.9 Å². The van der Waals surface area contributed by atoms with Gasteiger partial charge in [-0.15, -0.1) is 0 Å². The summed E-state index contributed by atoms with van der Waals surface area (Å²) in [6, 6.07) is 14.1. The van der Waals surface area contributed by atoms with Crippen molar-refractivity contribution in [2.24, 2.45) is 0 Å². The molecule has 0 unspecified atom stereocenters. The highest BCUT2D eigenvalue weighted by Crippen LogP contribution is 2.21. The molecule has 0 aliphatic rings. The number of hydrogen-bond donors (Lipinski definition) is 1. The van der Waals surface area contributed by atoms with E-state index in [1.165, 1.54) is 4.90 Å². The topological polar surface area (TPSA) is 104 Å². The highest BCUT2D eigenvalue weighted by molar-refractivity contribution is 6.05. The molecule has 2 aromatic carbocycles. The van der Waals surface area contributed by atoms with E-state index in [9.17, 15) is 24.3 Å². The molecule has 0 spiro atoms. The summed E-state index contributed by atoms with van der Waals surface area (Å²) in [5.41, 5.74) is 2.88. The van der Waals surface area contributed by atoms with E-state index in [-0.39, 0.29) is 0 Å². The standard InChI is InChI=1S/C26H28N2O6/c1-4-19-11-13-21(14-12-19)27(17-25(31)32)24(30)15-16-34-26(33)18-28(23(29)6-3)22-10-8-7-9-20(22)5-2/h6-16H,3-5,17-18H2,1-2H3,(H,31,32)/b16-15+. The smallest absolute Gasteiger partial charge is 0.330 e. The van der Waals surface area contributed by atoms with E-state index in [4.69, 9.17) is 4.74 Å². The van der Waals surface area contributed by atoms with Crippen LogP contribution in [0.3, 0.4) is 0 Å². The Morgan fingerprint density at radius 1 is 0.912 bits per heavy atom. The van der Waals surface area contributed by atoms with Gasteiger partial charge in [0.15, 0.2) is 0 Å². The molecule has 0 saturated heterocycles. The van der Waals surface area contributed by atoms with E-state index < -0.39 is 36.8 Å². The predicted octanol–water partition coefficient (Wildman–Crippen LogP) is 3.51. The number of amides is 2. The van der Waals surface area contributed by atoms with Crippen molar-refractivity contribution in [1.29, 1.82) is 0 Å². The number of para-hydroxylation sites is 1. The number of nitrogens with zero attached hydrogens (tertiary/aromatic N) is 2. The van der Waals surface area contributed by atoms with Gasteiger partial charge in [0.1, 0.15) is 13.1 Å². The van der Waals surface area contributed by atoms with Crippen LogP contribution in [0.1, 0.15) is 25.0 Å². The third kappa shape index (κ3) is 7.16. The largest absolute Gasteiger partial charge is 0.480 e. The Kier molecular flexibility index (Phi) is 9.76. The van der Waals surface area contributed by atoms with Gasteiger partial charge in [0.25, 0.3) is 11.8 Å². The van der Waals surface area contributed by atoms with Crippen LogP contribution in [0.25, 0.3) is 0 Å². The molecule has 0 heterocycles. The minimum absolute atomic E-state index is 0.391. The fourth-order valence-corrected chi connectivity index (χ4v) is 3.23. The van der Waals surface area contributed by atoms with Crippen molar-refractivity contribution in [3.05, 3.63) is 84.7 Å². The lowest BCUT2D eigenvalue weighted by Gasteiger charge is -2.22. The number of esters is 1. The molecule has 2 amide bonds. The predicted molar refractivity (Wildman–Crippen MR) is 129 cm³/mol. The van der Waals surface area contributed by atoms with Crippen molar-refractivity contribution in [2.75, 3.05) is 22.9 Å². The summed E-state index contributed by atoms with van der Waals surface area (Å²) in [7, 11) is 0. The molecule has 0 aliphatic heterocycles. The summed E-state index contributed by atoms with van der Waals surface area (Å²) >= 11 is 0. The zero-order chi connectivity index (χ0) is 25.1. The number of rotatable bonds is 11. The lowest BCUT2D eigenvalue weighted by Crippen LogP contribution is -2.36. The van der Waals surface area contributed by atoms with Crippen LogP contribution in [-0.4, -0.2) is 41.9 Å². The van der Waals surface area contributed by atoms with E-state index in [1.54, 1.807) is 36.4 Å². The van der Waals surface area contributed by atoms with Crippen molar-refractivity contribution in [3.8, 4) is 0 Å². The highest BCUT2D eigenvalue weighted by Gasteiger charge is 2.20. The third-order valence-corrected chi connectivity index (χ3v) is 5.02. The maximum atomic E-state index is 12.6. The number of aryl methyl sites for hydroxylation is 2. The molecule has 0 saturated carbocycles. The molecule has 0 aromatic heterocycles. The lowest BCUT2D eigenvalue weighted by atomic mass is 10.1. The third-order valence-electron chi connectivity index (χ3n) is 5.02. The zero-order valence-electron chi connectivity index (χ0n) is 19.3. The maximum Gasteiger partial charge on any atom is 0.330 e. The van der Waals surface area contributed by atoms with Gasteiger partial charge in [0, 0.05) is 17.5 Å². The number of anilines is 2. The number of carbonyl (C=O) groups is 4. The van der Waals surface area contributed by atoms with Crippen LogP contribution < -0.4 is 9.80 Å². The summed E-state index contributed by atoms with van der Waals surface area (Å²) in [4.78, 5) is 50.9. The Balaban J connectivity index is 2.11. The van der Waals surface area contributed by atoms with Gasteiger partial charge in [0.2, 0.25) is 0 Å². The molecule has 178 valence electrons. The lowest BCUT2D eigenvalue weighted by molar-refractivity contribution is -0.138. The molecule has 2 aromatic rings. The molecule has 8 heteroatoms. The summed E-state index contributed by atoms with van der Waals surface area (Å²) < 4.78 is 5.02. The van der Waals surface area contributed by atoms with Crippen LogP contribution in [0.4, 0.5) is 11.4 Å². The highest BCUT2D eigenvalue weighted by atomic mass is 16.5. The van der Waals surface area contributed by atoms with E-state index in [0.29, 0.717) is 17.8 Å². The SMILES string of the molecule is C=CC(=O)N(CC(=O)O/C=C/C(=O)N(CC(=O)O)c1ccc(CC)cc1)c1ccccc1CC. The Morgan fingerprint density at radius 3 is 2.18 bits per heavy atom. The minimum Gasteiger partial charge on any atom is -0.480 e. The number of hydrogen-bond acceptors (Lipinski definition) is 5. The van der Waals surface area contributed by atoms with E-state index in [2.05, 4.69) is 6.58 Å².